The van der Waals surface area contributed by atoms with Crippen LogP contribution in [0.3, 0.4) is 0 Å². The molecule has 5 nitrogen and oxygen atoms in total. The molecule has 1 aliphatic heterocycles. The van der Waals surface area contributed by atoms with Gasteiger partial charge in [-0.05, 0) is 30.5 Å². The zero-order valence-corrected chi connectivity index (χ0v) is 12.7. The first-order valence-corrected chi connectivity index (χ1v) is 7.35. The van der Waals surface area contributed by atoms with Crippen LogP contribution in [0.15, 0.2) is 24.3 Å². The van der Waals surface area contributed by atoms with E-state index in [9.17, 15) is 4.79 Å². The van der Waals surface area contributed by atoms with Gasteiger partial charge in [-0.1, -0.05) is 12.1 Å². The van der Waals surface area contributed by atoms with E-state index >= 15 is 0 Å². The lowest BCUT2D eigenvalue weighted by atomic mass is 9.90. The van der Waals surface area contributed by atoms with Crippen LogP contribution >= 0.6 is 0 Å². The Hall–Kier alpha value is -1.59. The second-order valence-electron chi connectivity index (χ2n) is 5.36. The first-order chi connectivity index (χ1) is 10.2. The predicted molar refractivity (Wildman–Crippen MR) is 81.2 cm³/mol. The van der Waals surface area contributed by atoms with Gasteiger partial charge in [-0.2, -0.15) is 0 Å². The second kappa shape index (κ2) is 7.43. The Labute approximate surface area is 126 Å². The smallest absolute Gasteiger partial charge is 0.223 e. The molecule has 2 atom stereocenters. The van der Waals surface area contributed by atoms with Crippen LogP contribution < -0.4 is 10.5 Å². The second-order valence-corrected chi connectivity index (χ2v) is 5.36. The lowest BCUT2D eigenvalue weighted by molar-refractivity contribution is -0.137. The summed E-state index contributed by atoms with van der Waals surface area (Å²) in [5.41, 5.74) is 7.33. The molecule has 0 saturated carbocycles. The number of ether oxygens (including phenoxy) is 2. The third-order valence-corrected chi connectivity index (χ3v) is 3.94. The van der Waals surface area contributed by atoms with Crippen LogP contribution in [-0.2, 0) is 9.53 Å². The van der Waals surface area contributed by atoms with E-state index in [-0.39, 0.29) is 18.0 Å². The van der Waals surface area contributed by atoms with Crippen LogP contribution in [0, 0.1) is 0 Å². The quantitative estimate of drug-likeness (QED) is 0.811. The highest BCUT2D eigenvalue weighted by Gasteiger charge is 2.34. The minimum Gasteiger partial charge on any atom is -0.497 e. The number of nitrogens with zero attached hydrogens (tertiary/aromatic N) is 1. The molecule has 2 unspecified atom stereocenters. The van der Waals surface area contributed by atoms with Gasteiger partial charge >= 0.3 is 0 Å². The number of methoxy groups -OCH3 is 2. The van der Waals surface area contributed by atoms with Gasteiger partial charge in [0.2, 0.25) is 5.91 Å². The number of rotatable bonds is 6. The van der Waals surface area contributed by atoms with Gasteiger partial charge in [0, 0.05) is 32.7 Å². The molecule has 1 aliphatic rings. The summed E-state index contributed by atoms with van der Waals surface area (Å²) in [6, 6.07) is 7.68. The highest BCUT2D eigenvalue weighted by atomic mass is 16.5. The lowest BCUT2D eigenvalue weighted by Gasteiger charge is -2.40. The number of carbonyl (C=O) groups is 1. The van der Waals surface area contributed by atoms with Crippen LogP contribution in [0.2, 0.25) is 0 Å². The van der Waals surface area contributed by atoms with Crippen molar-refractivity contribution in [2.45, 2.75) is 31.3 Å². The number of hydrogen-bond donors (Lipinski definition) is 1. The van der Waals surface area contributed by atoms with Crippen molar-refractivity contribution in [1.82, 2.24) is 4.90 Å². The minimum absolute atomic E-state index is 0.0441. The van der Waals surface area contributed by atoms with Crippen molar-refractivity contribution in [3.63, 3.8) is 0 Å². The minimum atomic E-state index is -0.0850. The van der Waals surface area contributed by atoms with E-state index in [1.54, 1.807) is 14.2 Å². The topological polar surface area (TPSA) is 64.8 Å². The molecule has 0 spiro atoms. The Morgan fingerprint density at radius 1 is 1.38 bits per heavy atom. The third kappa shape index (κ3) is 3.74. The van der Waals surface area contributed by atoms with Gasteiger partial charge in [0.15, 0.2) is 0 Å². The normalized spacial score (nSPS) is 22.4. The maximum absolute atomic E-state index is 12.3. The maximum atomic E-state index is 12.3. The zero-order valence-electron chi connectivity index (χ0n) is 12.7. The maximum Gasteiger partial charge on any atom is 0.223 e. The Kier molecular flexibility index (Phi) is 5.59. The van der Waals surface area contributed by atoms with Crippen LogP contribution in [0.4, 0.5) is 0 Å². The fourth-order valence-corrected chi connectivity index (χ4v) is 2.87. The van der Waals surface area contributed by atoms with Gasteiger partial charge in [0.05, 0.1) is 13.2 Å². The molecule has 0 aromatic heterocycles. The molecule has 1 aromatic carbocycles. The summed E-state index contributed by atoms with van der Waals surface area (Å²) in [5, 5.41) is 0. The first-order valence-electron chi connectivity index (χ1n) is 7.35. The molecule has 1 fully saturated rings. The Bertz CT molecular complexity index is 478. The van der Waals surface area contributed by atoms with Gasteiger partial charge in [0.25, 0.3) is 0 Å². The number of likely N-dealkylation sites (tertiary alicyclic amines) is 1. The summed E-state index contributed by atoms with van der Waals surface area (Å²) in [6.07, 6.45) is 2.06. The molecule has 1 saturated heterocycles. The largest absolute Gasteiger partial charge is 0.497 e. The van der Waals surface area contributed by atoms with Crippen molar-refractivity contribution < 1.29 is 14.3 Å². The van der Waals surface area contributed by atoms with Crippen molar-refractivity contribution in [1.29, 1.82) is 0 Å². The number of piperidine rings is 1. The monoisotopic (exact) mass is 292 g/mol. The Morgan fingerprint density at radius 3 is 2.90 bits per heavy atom. The first kappa shape index (κ1) is 15.8. The summed E-state index contributed by atoms with van der Waals surface area (Å²) in [6.45, 7) is 1.31. The molecule has 2 N–H and O–H groups in total. The van der Waals surface area contributed by atoms with Crippen molar-refractivity contribution in [3.05, 3.63) is 29.8 Å². The van der Waals surface area contributed by atoms with E-state index in [1.807, 2.05) is 29.2 Å². The van der Waals surface area contributed by atoms with Crippen LogP contribution in [-0.4, -0.2) is 44.2 Å². The molecule has 5 heteroatoms. The number of carbonyl (C=O) groups excluding carboxylic acids is 1. The summed E-state index contributed by atoms with van der Waals surface area (Å²) in [5.74, 6) is 0.954. The van der Waals surface area contributed by atoms with Crippen LogP contribution in [0.25, 0.3) is 0 Å². The molecule has 0 aliphatic carbocycles. The van der Waals surface area contributed by atoms with Gasteiger partial charge in [-0.25, -0.2) is 0 Å². The molecule has 0 bridgehead atoms. The standard InChI is InChI=1S/C16H24N2O3/c1-20-10-4-9-18-15(19)8-7-14(17)16(18)12-5-3-6-13(11-12)21-2/h3,5-6,11,14,16H,4,7-10,17H2,1-2H3. The van der Waals surface area contributed by atoms with Crippen molar-refractivity contribution in [2.75, 3.05) is 27.4 Å². The molecule has 2 rings (SSSR count). The molecule has 116 valence electrons. The SMILES string of the molecule is COCCCN1C(=O)CCC(N)C1c1cccc(OC)c1. The highest BCUT2D eigenvalue weighted by Crippen LogP contribution is 2.32. The van der Waals surface area contributed by atoms with Crippen molar-refractivity contribution in [3.8, 4) is 5.75 Å². The fourth-order valence-electron chi connectivity index (χ4n) is 2.87. The predicted octanol–water partition coefficient (Wildman–Crippen LogP) is 1.72. The number of hydrogen-bond acceptors (Lipinski definition) is 4. The molecular weight excluding hydrogens is 268 g/mol. The van der Waals surface area contributed by atoms with Gasteiger partial charge in [-0.15, -0.1) is 0 Å². The number of amides is 1. The van der Waals surface area contributed by atoms with E-state index in [4.69, 9.17) is 15.2 Å². The number of benzene rings is 1. The average molecular weight is 292 g/mol. The summed E-state index contributed by atoms with van der Waals surface area (Å²) in [7, 11) is 3.31. The Balaban J connectivity index is 2.22. The fraction of sp³-hybridized carbons (Fsp3) is 0.562. The summed E-state index contributed by atoms with van der Waals surface area (Å²) < 4.78 is 10.4. The van der Waals surface area contributed by atoms with Gasteiger partial charge in [0.1, 0.15) is 5.75 Å². The van der Waals surface area contributed by atoms with E-state index < -0.39 is 0 Å². The van der Waals surface area contributed by atoms with Gasteiger partial charge < -0.3 is 20.1 Å². The zero-order chi connectivity index (χ0) is 15.2. The van der Waals surface area contributed by atoms with E-state index in [1.165, 1.54) is 0 Å². The molecule has 1 heterocycles. The molecule has 1 aromatic rings. The van der Waals surface area contributed by atoms with E-state index in [0.29, 0.717) is 19.6 Å². The average Bonchev–Trinajstić information content (AvgIpc) is 2.51. The molecule has 1 amide bonds. The molecule has 21 heavy (non-hydrogen) atoms. The van der Waals surface area contributed by atoms with E-state index in [0.717, 1.165) is 24.2 Å². The lowest BCUT2D eigenvalue weighted by Crippen LogP contribution is -2.49. The van der Waals surface area contributed by atoms with Gasteiger partial charge in [-0.3, -0.25) is 4.79 Å². The van der Waals surface area contributed by atoms with E-state index in [2.05, 4.69) is 0 Å². The third-order valence-electron chi connectivity index (χ3n) is 3.94. The van der Waals surface area contributed by atoms with Crippen molar-refractivity contribution in [2.24, 2.45) is 5.73 Å². The molecule has 0 radical (unpaired) electrons. The summed E-state index contributed by atoms with van der Waals surface area (Å²) in [4.78, 5) is 14.2. The highest BCUT2D eigenvalue weighted by molar-refractivity contribution is 5.78. The van der Waals surface area contributed by atoms with Crippen LogP contribution in [0.1, 0.15) is 30.9 Å². The van der Waals surface area contributed by atoms with Crippen LogP contribution in [0.5, 0.6) is 5.75 Å². The Morgan fingerprint density at radius 2 is 2.19 bits per heavy atom. The summed E-state index contributed by atoms with van der Waals surface area (Å²) >= 11 is 0. The number of nitrogens with two attached hydrogens (primary N) is 1. The van der Waals surface area contributed by atoms with Crippen molar-refractivity contribution >= 4 is 5.91 Å². The molecular formula is C16H24N2O3.